The predicted octanol–water partition coefficient (Wildman–Crippen LogP) is 5.63. The van der Waals surface area contributed by atoms with Crippen LogP contribution in [0.2, 0.25) is 0 Å². The number of carbonyl (C=O) groups is 1. The molecule has 2 rings (SSSR count). The Bertz CT molecular complexity index is 682. The van der Waals surface area contributed by atoms with Gasteiger partial charge in [-0.2, -0.15) is 0 Å². The highest BCUT2D eigenvalue weighted by atomic mass is 16.1. The van der Waals surface area contributed by atoms with Crippen LogP contribution in [-0.2, 0) is 4.79 Å². The molecule has 0 fully saturated rings. The van der Waals surface area contributed by atoms with Gasteiger partial charge in [-0.3, -0.25) is 4.79 Å². The fraction of sp³-hybridized carbons (Fsp3) is 0.632. The fourth-order valence-corrected chi connectivity index (χ4v) is 2.22. The van der Waals surface area contributed by atoms with E-state index in [1.807, 2.05) is 0 Å². The van der Waals surface area contributed by atoms with E-state index in [0.717, 1.165) is 0 Å². The van der Waals surface area contributed by atoms with E-state index in [4.69, 9.17) is 16.4 Å². The van der Waals surface area contributed by atoms with Crippen LogP contribution in [0.3, 0.4) is 0 Å². The standard InChI is InChI=1S/C10H16.C9H14O/c1-8(2)10-6-4-9(3)5-7-10;1-7-3-5-9(6-4-7)8(2)10/h4,10H,1,5-7H2,2-3H3;3,9H,4-6H2,1-2H3/i2D3,3D3;1D3,2D3. The summed E-state index contributed by atoms with van der Waals surface area (Å²) in [6, 6.07) is 0. The molecule has 20 heavy (non-hydrogen) atoms. The Balaban J connectivity index is 0.000000320. The molecule has 112 valence electrons. The van der Waals surface area contributed by atoms with Crippen molar-refractivity contribution in [2.24, 2.45) is 11.8 Å². The lowest BCUT2D eigenvalue weighted by molar-refractivity contribution is -0.120. The summed E-state index contributed by atoms with van der Waals surface area (Å²) < 4.78 is 86.1. The van der Waals surface area contributed by atoms with E-state index < -0.39 is 39.1 Å². The molecule has 0 bridgehead atoms. The third-order valence-corrected chi connectivity index (χ3v) is 3.69. The average Bonchev–Trinajstić information content (AvgIpc) is 2.64. The summed E-state index contributed by atoms with van der Waals surface area (Å²) in [5.41, 5.74) is 1.03. The van der Waals surface area contributed by atoms with Crippen molar-refractivity contribution in [2.75, 3.05) is 0 Å². The highest BCUT2D eigenvalue weighted by Crippen LogP contribution is 2.27. The molecule has 0 aromatic carbocycles. The molecule has 0 heterocycles. The van der Waals surface area contributed by atoms with Crippen LogP contribution in [0, 0.1) is 11.8 Å². The molecule has 0 aliphatic heterocycles. The SMILES string of the molecule is [2H]C([2H])([2H])C(=C)C1CC=C(C([2H])([2H])[2H])CC1.[2H]C([2H])([2H])C(=O)C1CC=C(C([2H])([2H])[2H])CC1. The second-order valence-electron chi connectivity index (χ2n) is 5.29. The molecule has 2 unspecified atom stereocenters. The van der Waals surface area contributed by atoms with Gasteiger partial charge in [-0.25, -0.2) is 0 Å². The van der Waals surface area contributed by atoms with E-state index in [9.17, 15) is 4.79 Å². The summed E-state index contributed by atoms with van der Waals surface area (Å²) in [4.78, 5) is 11.4. The van der Waals surface area contributed by atoms with Crippen LogP contribution in [0.5, 0.6) is 0 Å². The first-order chi connectivity index (χ1) is 14.2. The molecule has 0 saturated carbocycles. The molecule has 1 heteroatoms. The van der Waals surface area contributed by atoms with E-state index in [1.54, 1.807) is 6.08 Å². The number of hydrogen-bond donors (Lipinski definition) is 0. The van der Waals surface area contributed by atoms with Crippen LogP contribution < -0.4 is 0 Å². The summed E-state index contributed by atoms with van der Waals surface area (Å²) in [6.45, 7) is -5.25. The highest BCUT2D eigenvalue weighted by molar-refractivity contribution is 5.78. The summed E-state index contributed by atoms with van der Waals surface area (Å²) in [6.07, 6.45) is 5.46. The van der Waals surface area contributed by atoms with E-state index in [2.05, 4.69) is 6.58 Å². The smallest absolute Gasteiger partial charge is 0.133 e. The van der Waals surface area contributed by atoms with Crippen molar-refractivity contribution in [1.29, 1.82) is 0 Å². The number of Topliss-reactive ketones (excluding diaryl/α,β-unsaturated/α-hetero) is 1. The summed E-state index contributed by atoms with van der Waals surface area (Å²) in [5, 5.41) is 0. The summed E-state index contributed by atoms with van der Waals surface area (Å²) >= 11 is 0. The van der Waals surface area contributed by atoms with Crippen LogP contribution >= 0.6 is 0 Å². The minimum atomic E-state index is -2.57. The topological polar surface area (TPSA) is 17.1 Å². The second kappa shape index (κ2) is 8.24. The van der Waals surface area contributed by atoms with Gasteiger partial charge in [-0.15, -0.1) is 0 Å². The Morgan fingerprint density at radius 1 is 1.10 bits per heavy atom. The van der Waals surface area contributed by atoms with Gasteiger partial charge in [0.2, 0.25) is 0 Å². The van der Waals surface area contributed by atoms with Crippen LogP contribution in [0.4, 0.5) is 0 Å². The Kier molecular flexibility index (Phi) is 2.61. The van der Waals surface area contributed by atoms with Crippen molar-refractivity contribution in [2.45, 2.75) is 65.9 Å². The highest BCUT2D eigenvalue weighted by Gasteiger charge is 2.15. The van der Waals surface area contributed by atoms with Crippen molar-refractivity contribution in [3.8, 4) is 0 Å². The number of rotatable bonds is 2. The molecular weight excluding hydrogens is 244 g/mol. The van der Waals surface area contributed by atoms with Gasteiger partial charge in [0.1, 0.15) is 5.78 Å². The van der Waals surface area contributed by atoms with Crippen molar-refractivity contribution in [3.05, 3.63) is 35.5 Å². The molecule has 2 atom stereocenters. The van der Waals surface area contributed by atoms with Gasteiger partial charge in [0, 0.05) is 22.4 Å². The van der Waals surface area contributed by atoms with Gasteiger partial charge >= 0.3 is 0 Å². The molecule has 2 aliphatic carbocycles. The molecule has 0 N–H and O–H groups in total. The average molecular weight is 287 g/mol. The van der Waals surface area contributed by atoms with E-state index >= 15 is 0 Å². The van der Waals surface area contributed by atoms with Crippen LogP contribution in [0.25, 0.3) is 0 Å². The maximum absolute atomic E-state index is 11.4. The molecule has 0 amide bonds. The normalized spacial score (nSPS) is 37.2. The molecule has 0 radical (unpaired) electrons. The van der Waals surface area contributed by atoms with Crippen molar-refractivity contribution in [3.63, 3.8) is 0 Å². The number of carbonyl (C=O) groups excluding carboxylic acids is 1. The van der Waals surface area contributed by atoms with Gasteiger partial charge in [0.05, 0.1) is 0 Å². The largest absolute Gasteiger partial charge is 0.300 e. The van der Waals surface area contributed by atoms with Gasteiger partial charge in [0.25, 0.3) is 0 Å². The molecule has 0 aromatic rings. The van der Waals surface area contributed by atoms with Gasteiger partial charge in [-0.1, -0.05) is 35.5 Å². The van der Waals surface area contributed by atoms with Crippen molar-refractivity contribution >= 4 is 5.78 Å². The van der Waals surface area contributed by atoms with E-state index in [0.29, 0.717) is 36.8 Å². The maximum Gasteiger partial charge on any atom is 0.133 e. The maximum atomic E-state index is 11.4. The Morgan fingerprint density at radius 2 is 1.70 bits per heavy atom. The van der Waals surface area contributed by atoms with Crippen molar-refractivity contribution < 1.29 is 21.2 Å². The Labute approximate surface area is 141 Å². The number of ketones is 1. The second-order valence-corrected chi connectivity index (χ2v) is 5.29. The molecular formula is C19H30O. The van der Waals surface area contributed by atoms with Crippen LogP contribution in [0.1, 0.15) is 82.4 Å². The minimum Gasteiger partial charge on any atom is -0.300 e. The minimum absolute atomic E-state index is 0.112. The lowest BCUT2D eigenvalue weighted by atomic mass is 9.86. The number of allylic oxidation sites excluding steroid dienone is 5. The predicted molar refractivity (Wildman–Crippen MR) is 87.7 cm³/mol. The Hall–Kier alpha value is -1.11. The molecule has 2 aliphatic rings. The molecule has 1 nitrogen and oxygen atoms in total. The zero-order valence-electron chi connectivity index (χ0n) is 23.7. The molecule has 0 saturated heterocycles. The lowest BCUT2D eigenvalue weighted by Gasteiger charge is -2.19. The first-order valence-electron chi connectivity index (χ1n) is 12.9. The van der Waals surface area contributed by atoms with Crippen LogP contribution in [-0.4, -0.2) is 5.78 Å². The Morgan fingerprint density at radius 3 is 2.10 bits per heavy atom. The third kappa shape index (κ3) is 5.90. The molecule has 0 spiro atoms. The van der Waals surface area contributed by atoms with Crippen molar-refractivity contribution in [1.82, 2.24) is 0 Å². The zero-order chi connectivity index (χ0) is 25.1. The van der Waals surface area contributed by atoms with Gasteiger partial charge in [0.15, 0.2) is 0 Å². The first kappa shape index (κ1) is 6.34. The van der Waals surface area contributed by atoms with E-state index in [1.165, 1.54) is 6.08 Å². The first-order valence-corrected chi connectivity index (χ1v) is 6.87. The third-order valence-electron chi connectivity index (χ3n) is 3.69. The van der Waals surface area contributed by atoms with Gasteiger partial charge < -0.3 is 0 Å². The monoisotopic (exact) mass is 286 g/mol. The number of hydrogen-bond acceptors (Lipinski definition) is 1. The summed E-state index contributed by atoms with van der Waals surface area (Å²) in [5.74, 6) is -1.43. The van der Waals surface area contributed by atoms with Crippen LogP contribution in [0.15, 0.2) is 35.5 Å². The molecule has 0 aromatic heterocycles. The van der Waals surface area contributed by atoms with Gasteiger partial charge in [-0.05, 0) is 71.9 Å². The lowest BCUT2D eigenvalue weighted by Crippen LogP contribution is -2.12. The quantitative estimate of drug-likeness (QED) is 0.601. The fourth-order valence-electron chi connectivity index (χ4n) is 2.22. The zero-order valence-corrected chi connectivity index (χ0v) is 11.7. The van der Waals surface area contributed by atoms with E-state index in [-0.39, 0.29) is 24.3 Å². The summed E-state index contributed by atoms with van der Waals surface area (Å²) in [7, 11) is 0.